The number of ether oxygens (including phenoxy) is 1. The number of hydrogen-bond donors (Lipinski definition) is 2. The van der Waals surface area contributed by atoms with Crippen LogP contribution < -0.4 is 10.6 Å². The normalized spacial score (nSPS) is 12.0. The molecule has 2 N–H and O–H groups in total. The molecule has 0 spiro atoms. The van der Waals surface area contributed by atoms with Gasteiger partial charge < -0.3 is 15.4 Å². The summed E-state index contributed by atoms with van der Waals surface area (Å²) < 4.78 is 5.37. The molecule has 2 aromatic carbocycles. The summed E-state index contributed by atoms with van der Waals surface area (Å²) in [6, 6.07) is 15.5. The topological polar surface area (TPSA) is 50.4 Å². The van der Waals surface area contributed by atoms with Gasteiger partial charge in [-0.15, -0.1) is 0 Å². The third-order valence-corrected chi connectivity index (χ3v) is 4.06. The first-order valence-corrected chi connectivity index (χ1v) is 8.86. The molecule has 0 bridgehead atoms. The Hall–Kier alpha value is -2.17. The van der Waals surface area contributed by atoms with E-state index in [4.69, 9.17) is 4.74 Å². The Morgan fingerprint density at radius 2 is 1.88 bits per heavy atom. The quantitative estimate of drug-likeness (QED) is 0.678. The Kier molecular flexibility index (Phi) is 7.64. The van der Waals surface area contributed by atoms with E-state index in [1.54, 1.807) is 0 Å². The lowest BCUT2D eigenvalue weighted by molar-refractivity contribution is -0.118. The molecule has 25 heavy (non-hydrogen) atoms. The van der Waals surface area contributed by atoms with E-state index >= 15 is 0 Å². The highest BCUT2D eigenvalue weighted by Crippen LogP contribution is 2.20. The van der Waals surface area contributed by atoms with E-state index in [0.717, 1.165) is 42.0 Å². The number of nitrogens with one attached hydrogen (secondary N) is 2. The van der Waals surface area contributed by atoms with Crippen molar-refractivity contribution in [2.75, 3.05) is 25.1 Å². The molecule has 1 atom stereocenters. The average molecular weight is 340 g/mol. The van der Waals surface area contributed by atoms with Crippen LogP contribution in [0.4, 0.5) is 5.69 Å². The summed E-state index contributed by atoms with van der Waals surface area (Å²) in [6.07, 6.45) is 0.869. The number of aryl methyl sites for hydroxylation is 2. The van der Waals surface area contributed by atoms with Crippen LogP contribution in [0.1, 0.15) is 36.1 Å². The van der Waals surface area contributed by atoms with Gasteiger partial charge in [0, 0.05) is 18.9 Å². The van der Waals surface area contributed by atoms with Crippen molar-refractivity contribution in [3.05, 3.63) is 65.2 Å². The summed E-state index contributed by atoms with van der Waals surface area (Å²) in [7, 11) is 0. The molecule has 0 fully saturated rings. The molecule has 2 rings (SSSR count). The van der Waals surface area contributed by atoms with Crippen LogP contribution in [0.15, 0.2) is 48.5 Å². The van der Waals surface area contributed by atoms with Crippen molar-refractivity contribution in [1.82, 2.24) is 5.32 Å². The maximum Gasteiger partial charge on any atom is 0.246 e. The number of amides is 1. The first-order chi connectivity index (χ1) is 12.1. The molecule has 0 aliphatic rings. The number of carbonyl (C=O) groups is 1. The van der Waals surface area contributed by atoms with Crippen LogP contribution in [0.5, 0.6) is 0 Å². The summed E-state index contributed by atoms with van der Waals surface area (Å²) in [5.41, 5.74) is 4.01. The van der Waals surface area contributed by atoms with Crippen molar-refractivity contribution >= 4 is 11.6 Å². The highest BCUT2D eigenvalue weighted by molar-refractivity contribution is 5.96. The van der Waals surface area contributed by atoms with Gasteiger partial charge in [0.1, 0.15) is 6.04 Å². The van der Waals surface area contributed by atoms with Crippen molar-refractivity contribution in [1.29, 1.82) is 0 Å². The van der Waals surface area contributed by atoms with Crippen molar-refractivity contribution in [3.63, 3.8) is 0 Å². The molecule has 0 aliphatic carbocycles. The SMILES string of the molecule is CCOCCCNC(C(=O)Nc1cc(C)ccc1C)c1ccccc1. The number of anilines is 1. The van der Waals surface area contributed by atoms with Gasteiger partial charge in [-0.1, -0.05) is 42.5 Å². The minimum Gasteiger partial charge on any atom is -0.382 e. The Balaban J connectivity index is 2.08. The Labute approximate surface area is 150 Å². The molecule has 1 unspecified atom stereocenters. The van der Waals surface area contributed by atoms with Crippen LogP contribution in [-0.2, 0) is 9.53 Å². The fraction of sp³-hybridized carbons (Fsp3) is 0.381. The number of rotatable bonds is 9. The fourth-order valence-corrected chi connectivity index (χ4v) is 2.65. The highest BCUT2D eigenvalue weighted by atomic mass is 16.5. The van der Waals surface area contributed by atoms with Gasteiger partial charge in [0.15, 0.2) is 0 Å². The third-order valence-electron chi connectivity index (χ3n) is 4.06. The average Bonchev–Trinajstić information content (AvgIpc) is 2.62. The smallest absolute Gasteiger partial charge is 0.246 e. The van der Waals surface area contributed by atoms with E-state index in [0.29, 0.717) is 6.61 Å². The lowest BCUT2D eigenvalue weighted by Gasteiger charge is -2.20. The standard InChI is InChI=1S/C21H28N2O2/c1-4-25-14-8-13-22-20(18-9-6-5-7-10-18)21(24)23-19-15-16(2)11-12-17(19)3/h5-7,9-12,15,20,22H,4,8,13-14H2,1-3H3,(H,23,24). The van der Waals surface area contributed by atoms with Crippen LogP contribution in [0.3, 0.4) is 0 Å². The molecule has 2 aromatic rings. The molecule has 4 nitrogen and oxygen atoms in total. The highest BCUT2D eigenvalue weighted by Gasteiger charge is 2.20. The molecule has 0 saturated carbocycles. The predicted molar refractivity (Wildman–Crippen MR) is 103 cm³/mol. The Morgan fingerprint density at radius 3 is 2.60 bits per heavy atom. The van der Waals surface area contributed by atoms with Gasteiger partial charge >= 0.3 is 0 Å². The maximum absolute atomic E-state index is 12.9. The maximum atomic E-state index is 12.9. The zero-order valence-corrected chi connectivity index (χ0v) is 15.3. The monoisotopic (exact) mass is 340 g/mol. The van der Waals surface area contributed by atoms with Crippen molar-refractivity contribution in [2.24, 2.45) is 0 Å². The van der Waals surface area contributed by atoms with Crippen molar-refractivity contribution in [2.45, 2.75) is 33.2 Å². The first kappa shape index (κ1) is 19.2. The summed E-state index contributed by atoms with van der Waals surface area (Å²) in [5, 5.41) is 6.43. The Bertz CT molecular complexity index is 671. The molecule has 0 heterocycles. The van der Waals surface area contributed by atoms with E-state index in [9.17, 15) is 4.79 Å². The zero-order valence-electron chi connectivity index (χ0n) is 15.3. The molecule has 4 heteroatoms. The fourth-order valence-electron chi connectivity index (χ4n) is 2.65. The minimum absolute atomic E-state index is 0.0451. The second-order valence-electron chi connectivity index (χ2n) is 6.16. The van der Waals surface area contributed by atoms with E-state index in [2.05, 4.69) is 10.6 Å². The van der Waals surface area contributed by atoms with E-state index < -0.39 is 0 Å². The van der Waals surface area contributed by atoms with Gasteiger partial charge in [-0.3, -0.25) is 4.79 Å². The van der Waals surface area contributed by atoms with Gasteiger partial charge in [0.25, 0.3) is 0 Å². The van der Waals surface area contributed by atoms with Crippen molar-refractivity contribution in [3.8, 4) is 0 Å². The predicted octanol–water partition coefficient (Wildman–Crippen LogP) is 4.00. The van der Waals surface area contributed by atoms with Crippen LogP contribution in [0, 0.1) is 13.8 Å². The molecule has 0 radical (unpaired) electrons. The summed E-state index contributed by atoms with van der Waals surface area (Å²) in [4.78, 5) is 12.9. The van der Waals surface area contributed by atoms with Gasteiger partial charge in [0.05, 0.1) is 0 Å². The van der Waals surface area contributed by atoms with E-state index in [-0.39, 0.29) is 11.9 Å². The van der Waals surface area contributed by atoms with Crippen molar-refractivity contribution < 1.29 is 9.53 Å². The number of carbonyl (C=O) groups excluding carboxylic acids is 1. The lowest BCUT2D eigenvalue weighted by atomic mass is 10.0. The van der Waals surface area contributed by atoms with Gasteiger partial charge in [-0.05, 0) is 56.5 Å². The van der Waals surface area contributed by atoms with Crippen LogP contribution in [0.25, 0.3) is 0 Å². The second kappa shape index (κ2) is 9.97. The largest absolute Gasteiger partial charge is 0.382 e. The summed E-state index contributed by atoms with van der Waals surface area (Å²) in [5.74, 6) is -0.0451. The van der Waals surface area contributed by atoms with Gasteiger partial charge in [-0.25, -0.2) is 0 Å². The number of hydrogen-bond acceptors (Lipinski definition) is 3. The molecular weight excluding hydrogens is 312 g/mol. The summed E-state index contributed by atoms with van der Waals surface area (Å²) >= 11 is 0. The molecule has 0 saturated heterocycles. The van der Waals surface area contributed by atoms with Crippen LogP contribution in [0.2, 0.25) is 0 Å². The van der Waals surface area contributed by atoms with E-state index in [1.807, 2.05) is 69.3 Å². The van der Waals surface area contributed by atoms with E-state index in [1.165, 1.54) is 0 Å². The second-order valence-corrected chi connectivity index (χ2v) is 6.16. The minimum atomic E-state index is -0.386. The van der Waals surface area contributed by atoms with Crippen LogP contribution in [-0.4, -0.2) is 25.7 Å². The third kappa shape index (κ3) is 6.00. The first-order valence-electron chi connectivity index (χ1n) is 8.86. The van der Waals surface area contributed by atoms with Gasteiger partial charge in [-0.2, -0.15) is 0 Å². The molecular formula is C21H28N2O2. The zero-order chi connectivity index (χ0) is 18.1. The molecule has 0 aliphatic heterocycles. The molecule has 134 valence electrons. The lowest BCUT2D eigenvalue weighted by Crippen LogP contribution is -2.34. The summed E-state index contributed by atoms with van der Waals surface area (Å²) in [6.45, 7) is 8.15. The number of benzene rings is 2. The van der Waals surface area contributed by atoms with Gasteiger partial charge in [0.2, 0.25) is 5.91 Å². The van der Waals surface area contributed by atoms with Crippen LogP contribution >= 0.6 is 0 Å². The molecule has 1 amide bonds. The molecule has 0 aromatic heterocycles. The Morgan fingerprint density at radius 1 is 1.12 bits per heavy atom.